The first-order valence-electron chi connectivity index (χ1n) is 10.4. The Kier molecular flexibility index (Phi) is 5.27. The molecule has 0 aromatic carbocycles. The van der Waals surface area contributed by atoms with Gasteiger partial charge in [0.05, 0.1) is 17.5 Å². The maximum absolute atomic E-state index is 12.5. The van der Waals surface area contributed by atoms with Crippen LogP contribution in [-0.2, 0) is 11.8 Å². The molecule has 152 valence electrons. The number of piperazine rings is 1. The zero-order valence-corrected chi connectivity index (χ0v) is 17.6. The zero-order valence-electron chi connectivity index (χ0n) is 17.6. The lowest BCUT2D eigenvalue weighted by atomic mass is 10.1. The van der Waals surface area contributed by atoms with E-state index in [-0.39, 0.29) is 17.9 Å². The van der Waals surface area contributed by atoms with Crippen LogP contribution in [0.4, 0.5) is 5.95 Å². The van der Waals surface area contributed by atoms with Crippen LogP contribution in [0.2, 0.25) is 0 Å². The summed E-state index contributed by atoms with van der Waals surface area (Å²) < 4.78 is 1.76. The van der Waals surface area contributed by atoms with Gasteiger partial charge in [-0.1, -0.05) is 25.7 Å². The van der Waals surface area contributed by atoms with Crippen molar-refractivity contribution in [2.45, 2.75) is 39.7 Å². The van der Waals surface area contributed by atoms with Crippen molar-refractivity contribution in [2.75, 3.05) is 24.5 Å². The lowest BCUT2D eigenvalue weighted by molar-refractivity contribution is -0.134. The van der Waals surface area contributed by atoms with E-state index in [0.717, 1.165) is 49.3 Å². The lowest BCUT2D eigenvalue weighted by Gasteiger charge is -2.40. The van der Waals surface area contributed by atoms with E-state index in [1.165, 1.54) is 0 Å². The summed E-state index contributed by atoms with van der Waals surface area (Å²) in [5.74, 6) is 7.95. The molecule has 1 saturated heterocycles. The normalized spacial score (nSPS) is 19.3. The van der Waals surface area contributed by atoms with Crippen LogP contribution in [0.25, 0.3) is 11.3 Å². The van der Waals surface area contributed by atoms with E-state index in [0.29, 0.717) is 11.9 Å². The van der Waals surface area contributed by atoms with Crippen LogP contribution < -0.4 is 4.90 Å². The van der Waals surface area contributed by atoms with Crippen LogP contribution in [0.1, 0.15) is 39.2 Å². The van der Waals surface area contributed by atoms with Crippen LogP contribution in [-0.4, -0.2) is 56.2 Å². The molecule has 1 amide bonds. The van der Waals surface area contributed by atoms with E-state index < -0.39 is 0 Å². The van der Waals surface area contributed by atoms with Gasteiger partial charge in [-0.05, 0) is 19.8 Å². The first-order chi connectivity index (χ1) is 13.9. The van der Waals surface area contributed by atoms with Gasteiger partial charge in [0.15, 0.2) is 0 Å². The predicted octanol–water partition coefficient (Wildman–Crippen LogP) is 2.33. The number of aryl methyl sites for hydroxylation is 1. The maximum Gasteiger partial charge on any atom is 0.226 e. The number of hydrogen-bond donors (Lipinski definition) is 0. The highest BCUT2D eigenvalue weighted by atomic mass is 16.2. The van der Waals surface area contributed by atoms with Crippen molar-refractivity contribution in [1.29, 1.82) is 0 Å². The minimum absolute atomic E-state index is 0.155. The summed E-state index contributed by atoms with van der Waals surface area (Å²) in [7, 11) is 1.89. The highest BCUT2D eigenvalue weighted by Crippen LogP contribution is 2.32. The Labute approximate surface area is 172 Å². The molecule has 0 radical (unpaired) electrons. The van der Waals surface area contributed by atoms with E-state index in [4.69, 9.17) is 4.98 Å². The monoisotopic (exact) mass is 392 g/mol. The molecule has 0 bridgehead atoms. The fourth-order valence-corrected chi connectivity index (χ4v) is 3.63. The van der Waals surface area contributed by atoms with Gasteiger partial charge >= 0.3 is 0 Å². The van der Waals surface area contributed by atoms with Crippen LogP contribution in [0.3, 0.4) is 0 Å². The smallest absolute Gasteiger partial charge is 0.226 e. The summed E-state index contributed by atoms with van der Waals surface area (Å²) in [4.78, 5) is 26.1. The Morgan fingerprint density at radius 1 is 1.24 bits per heavy atom. The largest absolute Gasteiger partial charge is 0.337 e. The van der Waals surface area contributed by atoms with Gasteiger partial charge in [-0.2, -0.15) is 5.10 Å². The van der Waals surface area contributed by atoms with Crippen molar-refractivity contribution in [3.8, 4) is 23.1 Å². The average Bonchev–Trinajstić information content (AvgIpc) is 3.46. The SMILES string of the molecule is CC(C)C#Cc1cnc(N2CCN(C(=O)C3CC3)[C@H](C)C2)nc1-c1cnn(C)c1. The summed E-state index contributed by atoms with van der Waals surface area (Å²) in [6.45, 7) is 8.44. The topological polar surface area (TPSA) is 67.2 Å². The van der Waals surface area contributed by atoms with Gasteiger partial charge in [0.1, 0.15) is 0 Å². The second-order valence-electron chi connectivity index (χ2n) is 8.36. The molecule has 3 heterocycles. The second-order valence-corrected chi connectivity index (χ2v) is 8.36. The third-order valence-corrected chi connectivity index (χ3v) is 5.37. The Bertz CT molecular complexity index is 965. The lowest BCUT2D eigenvalue weighted by Crippen LogP contribution is -2.55. The molecule has 2 aromatic rings. The molecular formula is C22H28N6O. The van der Waals surface area contributed by atoms with Crippen molar-refractivity contribution >= 4 is 11.9 Å². The quantitative estimate of drug-likeness (QED) is 0.750. The minimum atomic E-state index is 0.155. The summed E-state index contributed by atoms with van der Waals surface area (Å²) in [5, 5.41) is 4.29. The van der Waals surface area contributed by atoms with Crippen molar-refractivity contribution < 1.29 is 4.79 Å². The number of anilines is 1. The fraction of sp³-hybridized carbons (Fsp3) is 0.545. The molecule has 2 fully saturated rings. The summed E-state index contributed by atoms with van der Waals surface area (Å²) in [6.07, 6.45) is 7.65. The Morgan fingerprint density at radius 3 is 2.66 bits per heavy atom. The van der Waals surface area contributed by atoms with Crippen molar-refractivity contribution in [2.24, 2.45) is 18.9 Å². The summed E-state index contributed by atoms with van der Waals surface area (Å²) in [5.41, 5.74) is 2.55. The Balaban J connectivity index is 1.60. The van der Waals surface area contributed by atoms with Crippen molar-refractivity contribution in [3.05, 3.63) is 24.2 Å². The average molecular weight is 393 g/mol. The summed E-state index contributed by atoms with van der Waals surface area (Å²) in [6, 6.07) is 0.155. The van der Waals surface area contributed by atoms with Gasteiger partial charge in [0, 0.05) is 62.5 Å². The van der Waals surface area contributed by atoms with Gasteiger partial charge < -0.3 is 9.80 Å². The number of carbonyl (C=O) groups excluding carboxylic acids is 1. The molecule has 0 N–H and O–H groups in total. The molecule has 1 saturated carbocycles. The maximum atomic E-state index is 12.5. The summed E-state index contributed by atoms with van der Waals surface area (Å²) >= 11 is 0. The molecule has 1 aliphatic carbocycles. The molecule has 0 spiro atoms. The molecule has 0 unspecified atom stereocenters. The van der Waals surface area contributed by atoms with Gasteiger partial charge in [-0.15, -0.1) is 0 Å². The van der Waals surface area contributed by atoms with Gasteiger partial charge in [0.2, 0.25) is 11.9 Å². The molecule has 7 nitrogen and oxygen atoms in total. The van der Waals surface area contributed by atoms with E-state index in [1.54, 1.807) is 4.68 Å². The molecule has 29 heavy (non-hydrogen) atoms. The highest BCUT2D eigenvalue weighted by Gasteiger charge is 2.37. The van der Waals surface area contributed by atoms with E-state index in [1.807, 2.05) is 30.5 Å². The second kappa shape index (κ2) is 7.86. The fourth-order valence-electron chi connectivity index (χ4n) is 3.63. The number of amides is 1. The van der Waals surface area contributed by atoms with Crippen LogP contribution in [0.15, 0.2) is 18.6 Å². The Hall–Kier alpha value is -2.88. The van der Waals surface area contributed by atoms with Gasteiger partial charge in [0.25, 0.3) is 0 Å². The number of nitrogens with zero attached hydrogens (tertiary/aromatic N) is 6. The molecule has 1 atom stereocenters. The molecule has 4 rings (SSSR count). The van der Waals surface area contributed by atoms with Crippen molar-refractivity contribution in [3.63, 3.8) is 0 Å². The molecular weight excluding hydrogens is 364 g/mol. The van der Waals surface area contributed by atoms with Crippen molar-refractivity contribution in [1.82, 2.24) is 24.6 Å². The van der Waals surface area contributed by atoms with E-state index in [9.17, 15) is 4.79 Å². The molecule has 1 aliphatic heterocycles. The third kappa shape index (κ3) is 4.26. The number of aromatic nitrogens is 4. The predicted molar refractivity (Wildman–Crippen MR) is 112 cm³/mol. The number of carbonyl (C=O) groups is 1. The first-order valence-corrected chi connectivity index (χ1v) is 10.4. The Morgan fingerprint density at radius 2 is 2.03 bits per heavy atom. The standard InChI is InChI=1S/C22H28N6O/c1-15(2)5-6-18-11-23-22(25-20(18)19-12-24-26(4)14-19)27-9-10-28(16(3)13-27)21(29)17-7-8-17/h11-12,14-17H,7-10,13H2,1-4H3/t16-/m1/s1. The van der Waals surface area contributed by atoms with Crippen LogP contribution >= 0.6 is 0 Å². The first kappa shape index (κ1) is 19.4. The molecule has 2 aromatic heterocycles. The number of rotatable bonds is 3. The minimum Gasteiger partial charge on any atom is -0.337 e. The van der Waals surface area contributed by atoms with Gasteiger partial charge in [-0.3, -0.25) is 9.48 Å². The zero-order chi connectivity index (χ0) is 20.5. The highest BCUT2D eigenvalue weighted by molar-refractivity contribution is 5.81. The molecule has 7 heteroatoms. The van der Waals surface area contributed by atoms with Crippen LogP contribution in [0.5, 0.6) is 0 Å². The third-order valence-electron chi connectivity index (χ3n) is 5.37. The van der Waals surface area contributed by atoms with Gasteiger partial charge in [-0.25, -0.2) is 9.97 Å². The van der Waals surface area contributed by atoms with E-state index >= 15 is 0 Å². The number of hydrogen-bond acceptors (Lipinski definition) is 5. The van der Waals surface area contributed by atoms with E-state index in [2.05, 4.69) is 47.6 Å². The van der Waals surface area contributed by atoms with Crippen LogP contribution in [0, 0.1) is 23.7 Å². The molecule has 2 aliphatic rings.